The second-order valence-corrected chi connectivity index (χ2v) is 7.96. The van der Waals surface area contributed by atoms with Crippen molar-refractivity contribution < 1.29 is 19.4 Å². The summed E-state index contributed by atoms with van der Waals surface area (Å²) >= 11 is 0. The Morgan fingerprint density at radius 1 is 1.32 bits per heavy atom. The van der Waals surface area contributed by atoms with Gasteiger partial charge in [0.1, 0.15) is 12.7 Å². The maximum atomic E-state index is 11.5. The topological polar surface area (TPSA) is 72.9 Å². The fourth-order valence-corrected chi connectivity index (χ4v) is 3.63. The molecule has 1 aromatic carbocycles. The Kier molecular flexibility index (Phi) is 4.73. The maximum absolute atomic E-state index is 11.5. The highest BCUT2D eigenvalue weighted by Crippen LogP contribution is 2.28. The number of nitrogens with zero attached hydrogens (tertiary/aromatic N) is 2. The molecular formula is C19H25N2O4-. The van der Waals surface area contributed by atoms with E-state index in [1.165, 1.54) is 10.5 Å². The number of rotatable bonds is 3. The summed E-state index contributed by atoms with van der Waals surface area (Å²) in [5, 5.41) is 11.4. The Morgan fingerprint density at radius 2 is 2.08 bits per heavy atom. The number of hydrogen-bond acceptors (Lipinski definition) is 5. The van der Waals surface area contributed by atoms with Gasteiger partial charge in [0.05, 0.1) is 5.56 Å². The predicted octanol–water partition coefficient (Wildman–Crippen LogP) is 1.28. The molecule has 25 heavy (non-hydrogen) atoms. The van der Waals surface area contributed by atoms with Crippen LogP contribution in [0.5, 0.6) is 0 Å². The van der Waals surface area contributed by atoms with Gasteiger partial charge in [-0.3, -0.25) is 4.90 Å². The second-order valence-electron chi connectivity index (χ2n) is 7.96. The Hall–Kier alpha value is -2.08. The molecule has 0 aromatic heterocycles. The lowest BCUT2D eigenvalue weighted by molar-refractivity contribution is -0.272. The summed E-state index contributed by atoms with van der Waals surface area (Å²) in [5.41, 5.74) is 2.66. The SMILES string of the molecule is CC(C)(C)C1CN(CCc2ccc3c(c2)COC3=O)CCN1C(=O)[O-]. The van der Waals surface area contributed by atoms with Gasteiger partial charge in [-0.2, -0.15) is 0 Å². The number of esters is 1. The minimum atomic E-state index is -1.08. The van der Waals surface area contributed by atoms with Gasteiger partial charge in [0.25, 0.3) is 0 Å². The standard InChI is InChI=1S/C19H26N2O4/c1-19(2,3)16-11-20(8-9-21(16)18(23)24)7-6-13-4-5-15-14(10-13)12-25-17(15)22/h4-5,10,16H,6-9,11-12H2,1-3H3,(H,23,24)/p-1. The van der Waals surface area contributed by atoms with Gasteiger partial charge < -0.3 is 19.5 Å². The third-order valence-electron chi connectivity index (χ3n) is 5.16. The first kappa shape index (κ1) is 17.7. The average Bonchev–Trinajstić information content (AvgIpc) is 2.92. The lowest BCUT2D eigenvalue weighted by Crippen LogP contribution is -2.62. The molecule has 1 saturated heterocycles. The largest absolute Gasteiger partial charge is 0.530 e. The van der Waals surface area contributed by atoms with E-state index >= 15 is 0 Å². The molecule has 6 heteroatoms. The summed E-state index contributed by atoms with van der Waals surface area (Å²) in [4.78, 5) is 26.7. The summed E-state index contributed by atoms with van der Waals surface area (Å²) in [6.45, 7) is 9.32. The molecule has 0 aliphatic carbocycles. The van der Waals surface area contributed by atoms with Crippen LogP contribution in [-0.4, -0.2) is 54.1 Å². The van der Waals surface area contributed by atoms with Gasteiger partial charge in [0.15, 0.2) is 0 Å². The average molecular weight is 345 g/mol. The lowest BCUT2D eigenvalue weighted by Gasteiger charge is -2.48. The molecule has 2 heterocycles. The number of piperazine rings is 1. The molecule has 2 aliphatic rings. The number of fused-ring (bicyclic) bond motifs is 1. The molecule has 6 nitrogen and oxygen atoms in total. The van der Waals surface area contributed by atoms with E-state index in [0.717, 1.165) is 18.5 Å². The number of ether oxygens (including phenoxy) is 1. The van der Waals surface area contributed by atoms with E-state index in [4.69, 9.17) is 4.74 Å². The van der Waals surface area contributed by atoms with E-state index < -0.39 is 6.09 Å². The lowest BCUT2D eigenvalue weighted by atomic mass is 9.84. The summed E-state index contributed by atoms with van der Waals surface area (Å²) in [6, 6.07) is 5.78. The van der Waals surface area contributed by atoms with Gasteiger partial charge >= 0.3 is 5.97 Å². The van der Waals surface area contributed by atoms with Crippen LogP contribution in [0.4, 0.5) is 4.79 Å². The quantitative estimate of drug-likeness (QED) is 0.772. The van der Waals surface area contributed by atoms with Crippen molar-refractivity contribution in [2.24, 2.45) is 5.41 Å². The van der Waals surface area contributed by atoms with Gasteiger partial charge in [0, 0.05) is 37.8 Å². The highest BCUT2D eigenvalue weighted by atomic mass is 16.5. The maximum Gasteiger partial charge on any atom is 0.338 e. The van der Waals surface area contributed by atoms with Gasteiger partial charge in [-0.05, 0) is 23.5 Å². The Bertz CT molecular complexity index is 680. The number of amides is 1. The number of cyclic esters (lactones) is 1. The second kappa shape index (κ2) is 6.67. The zero-order chi connectivity index (χ0) is 18.2. The molecule has 0 radical (unpaired) electrons. The van der Waals surface area contributed by atoms with Crippen molar-refractivity contribution in [3.63, 3.8) is 0 Å². The van der Waals surface area contributed by atoms with Crippen LogP contribution in [0, 0.1) is 5.41 Å². The summed E-state index contributed by atoms with van der Waals surface area (Å²) in [7, 11) is 0. The molecule has 0 saturated carbocycles. The van der Waals surface area contributed by atoms with Crippen molar-refractivity contribution >= 4 is 12.1 Å². The zero-order valence-corrected chi connectivity index (χ0v) is 15.1. The van der Waals surface area contributed by atoms with Gasteiger partial charge in [-0.15, -0.1) is 0 Å². The molecule has 1 amide bonds. The number of carboxylic acid groups (broad SMARTS) is 1. The van der Waals surface area contributed by atoms with Crippen LogP contribution in [0.2, 0.25) is 0 Å². The molecule has 1 atom stereocenters. The van der Waals surface area contributed by atoms with Crippen LogP contribution in [0.1, 0.15) is 42.3 Å². The zero-order valence-electron chi connectivity index (χ0n) is 15.1. The van der Waals surface area contributed by atoms with Crippen molar-refractivity contribution in [2.45, 2.75) is 39.8 Å². The molecule has 0 N–H and O–H groups in total. The van der Waals surface area contributed by atoms with E-state index in [-0.39, 0.29) is 17.4 Å². The Balaban J connectivity index is 1.62. The first-order valence-corrected chi connectivity index (χ1v) is 8.74. The molecule has 2 aliphatic heterocycles. The summed E-state index contributed by atoms with van der Waals surface area (Å²) in [5.74, 6) is -0.243. The number of benzene rings is 1. The van der Waals surface area contributed by atoms with Crippen molar-refractivity contribution in [3.8, 4) is 0 Å². The van der Waals surface area contributed by atoms with E-state index in [1.807, 2.05) is 18.2 Å². The first-order chi connectivity index (χ1) is 11.8. The Labute approximate surface area is 148 Å². The molecule has 0 bridgehead atoms. The van der Waals surface area contributed by atoms with Crippen LogP contribution in [-0.2, 0) is 17.8 Å². The van der Waals surface area contributed by atoms with Crippen LogP contribution in [0.25, 0.3) is 0 Å². The number of carbonyl (C=O) groups excluding carboxylic acids is 2. The molecule has 1 unspecified atom stereocenters. The minimum Gasteiger partial charge on any atom is -0.530 e. The van der Waals surface area contributed by atoms with E-state index in [1.54, 1.807) is 0 Å². The van der Waals surface area contributed by atoms with Crippen LogP contribution in [0.15, 0.2) is 18.2 Å². The first-order valence-electron chi connectivity index (χ1n) is 8.74. The van der Waals surface area contributed by atoms with Crippen LogP contribution < -0.4 is 5.11 Å². The summed E-state index contributed by atoms with van der Waals surface area (Å²) < 4.78 is 5.04. The smallest absolute Gasteiger partial charge is 0.338 e. The van der Waals surface area contributed by atoms with Crippen molar-refractivity contribution in [1.82, 2.24) is 9.80 Å². The molecule has 136 valence electrons. The molecular weight excluding hydrogens is 320 g/mol. The van der Waals surface area contributed by atoms with Crippen molar-refractivity contribution in [1.29, 1.82) is 0 Å². The van der Waals surface area contributed by atoms with Crippen molar-refractivity contribution in [2.75, 3.05) is 26.2 Å². The van der Waals surface area contributed by atoms with Crippen LogP contribution in [0.3, 0.4) is 0 Å². The third-order valence-corrected chi connectivity index (χ3v) is 5.16. The summed E-state index contributed by atoms with van der Waals surface area (Å²) in [6.07, 6.45) is -0.216. The fraction of sp³-hybridized carbons (Fsp3) is 0.579. The number of carbonyl (C=O) groups is 2. The molecule has 0 spiro atoms. The van der Waals surface area contributed by atoms with Gasteiger partial charge in [-0.1, -0.05) is 32.9 Å². The van der Waals surface area contributed by atoms with Crippen molar-refractivity contribution in [3.05, 3.63) is 34.9 Å². The van der Waals surface area contributed by atoms with Gasteiger partial charge in [0.2, 0.25) is 0 Å². The molecule has 1 aromatic rings. The number of hydrogen-bond donors (Lipinski definition) is 0. The minimum absolute atomic E-state index is 0.0720. The Morgan fingerprint density at radius 3 is 2.76 bits per heavy atom. The van der Waals surface area contributed by atoms with E-state index in [9.17, 15) is 14.7 Å². The third kappa shape index (κ3) is 3.79. The normalized spacial score (nSPS) is 21.2. The monoisotopic (exact) mass is 345 g/mol. The highest BCUT2D eigenvalue weighted by molar-refractivity contribution is 5.93. The highest BCUT2D eigenvalue weighted by Gasteiger charge is 2.35. The fourth-order valence-electron chi connectivity index (χ4n) is 3.63. The van der Waals surface area contributed by atoms with E-state index in [0.29, 0.717) is 31.8 Å². The predicted molar refractivity (Wildman–Crippen MR) is 91.1 cm³/mol. The van der Waals surface area contributed by atoms with Gasteiger partial charge in [-0.25, -0.2) is 4.79 Å². The molecule has 3 rings (SSSR count). The molecule has 1 fully saturated rings. The van der Waals surface area contributed by atoms with E-state index in [2.05, 4.69) is 25.7 Å². The van der Waals surface area contributed by atoms with Crippen LogP contribution >= 0.6 is 0 Å².